The van der Waals surface area contributed by atoms with Gasteiger partial charge in [0.05, 0.1) is 19.8 Å². The third-order valence-corrected chi connectivity index (χ3v) is 9.72. The quantitative estimate of drug-likeness (QED) is 0.230. The van der Waals surface area contributed by atoms with Gasteiger partial charge in [0.15, 0.2) is 5.58 Å². The molecule has 0 aliphatic carbocycles. The Morgan fingerprint density at radius 2 is 1.75 bits per heavy atom. The Bertz CT molecular complexity index is 1380. The second kappa shape index (κ2) is 10.1. The van der Waals surface area contributed by atoms with E-state index in [1.54, 1.807) is 0 Å². The van der Waals surface area contributed by atoms with Crippen molar-refractivity contribution in [1.82, 2.24) is 14.9 Å². The fourth-order valence-corrected chi connectivity index (χ4v) is 6.48. The second-order valence-electron chi connectivity index (χ2n) is 11.2. The average molecular weight is 524 g/mol. The molecular formula is C28H34FN3O2SSi. The standard InChI is InChI=1S/C28H34FN3O2SSi/c1-18-16-25(36(5,6)7)26(29)23(30-18)17-22(32-35(33)28(2,3)4)19-12-8-9-13-20(19)27-21-14-10-11-15-24(21)34-31-27/h8-16,22,32H,17H2,1-7H3. The van der Waals surface area contributed by atoms with E-state index in [2.05, 4.69) is 34.5 Å². The summed E-state index contributed by atoms with van der Waals surface area (Å²) in [7, 11) is -1.94. The molecule has 4 aromatic rings. The number of hydrogen-bond donors (Lipinski definition) is 1. The number of pyridine rings is 1. The molecule has 0 bridgehead atoms. The number of nitrogens with zero attached hydrogens (tertiary/aromatic N) is 2. The van der Waals surface area contributed by atoms with Crippen LogP contribution < -0.4 is 9.91 Å². The number of halogens is 1. The highest BCUT2D eigenvalue weighted by Crippen LogP contribution is 2.35. The number of aromatic nitrogens is 2. The van der Waals surface area contributed by atoms with Crippen LogP contribution in [0.15, 0.2) is 59.1 Å². The molecule has 36 heavy (non-hydrogen) atoms. The van der Waals surface area contributed by atoms with Crippen molar-refractivity contribution in [2.75, 3.05) is 0 Å². The highest BCUT2D eigenvalue weighted by atomic mass is 32.2. The first-order chi connectivity index (χ1) is 16.9. The Labute approximate surface area is 216 Å². The normalized spacial score (nSPS) is 14.2. The molecule has 190 valence electrons. The average Bonchev–Trinajstić information content (AvgIpc) is 3.23. The topological polar surface area (TPSA) is 74.0 Å². The molecule has 0 saturated carbocycles. The summed E-state index contributed by atoms with van der Waals surface area (Å²) >= 11 is -1.39. The van der Waals surface area contributed by atoms with Crippen LogP contribution in [0.3, 0.4) is 0 Å². The predicted octanol–water partition coefficient (Wildman–Crippen LogP) is 6.22. The molecule has 0 saturated heterocycles. The van der Waals surface area contributed by atoms with Crippen LogP contribution in [0.5, 0.6) is 0 Å². The van der Waals surface area contributed by atoms with Crippen molar-refractivity contribution < 1.29 is 13.5 Å². The third kappa shape index (κ3) is 5.57. The van der Waals surface area contributed by atoms with E-state index in [9.17, 15) is 4.55 Å². The second-order valence-corrected chi connectivity index (χ2v) is 18.2. The summed E-state index contributed by atoms with van der Waals surface area (Å²) in [4.78, 5) is 4.60. The van der Waals surface area contributed by atoms with E-state index in [4.69, 9.17) is 4.52 Å². The van der Waals surface area contributed by atoms with Gasteiger partial charge in [0.1, 0.15) is 16.3 Å². The van der Waals surface area contributed by atoms with Crippen molar-refractivity contribution in [3.8, 4) is 11.3 Å². The minimum absolute atomic E-state index is 0.250. The molecule has 2 unspecified atom stereocenters. The van der Waals surface area contributed by atoms with Crippen molar-refractivity contribution in [2.24, 2.45) is 0 Å². The molecule has 4 rings (SSSR count). The number of hydrogen-bond acceptors (Lipinski definition) is 5. The number of aryl methyl sites for hydroxylation is 1. The van der Waals surface area contributed by atoms with Crippen LogP contribution >= 0.6 is 0 Å². The van der Waals surface area contributed by atoms with Gasteiger partial charge in [-0.15, -0.1) is 4.72 Å². The first kappa shape index (κ1) is 26.5. The lowest BCUT2D eigenvalue weighted by molar-refractivity contribution is 0.459. The zero-order valence-corrected chi connectivity index (χ0v) is 23.8. The monoisotopic (exact) mass is 523 g/mol. The first-order valence-electron chi connectivity index (χ1n) is 12.1. The van der Waals surface area contributed by atoms with Gasteiger partial charge in [-0.05, 0) is 56.6 Å². The molecule has 0 amide bonds. The fraction of sp³-hybridized carbons (Fsp3) is 0.357. The molecule has 0 radical (unpaired) electrons. The maximum Gasteiger partial charge on any atom is 0.167 e. The van der Waals surface area contributed by atoms with Crippen molar-refractivity contribution in [3.63, 3.8) is 0 Å². The molecule has 0 aliphatic rings. The van der Waals surface area contributed by atoms with Gasteiger partial charge >= 0.3 is 0 Å². The van der Waals surface area contributed by atoms with Crippen LogP contribution in [0.1, 0.15) is 43.8 Å². The van der Waals surface area contributed by atoms with Crippen molar-refractivity contribution in [3.05, 3.63) is 77.4 Å². The summed E-state index contributed by atoms with van der Waals surface area (Å²) in [5.74, 6) is -0.252. The van der Waals surface area contributed by atoms with Gasteiger partial charge in [0.25, 0.3) is 0 Å². The predicted molar refractivity (Wildman–Crippen MR) is 149 cm³/mol. The van der Waals surface area contributed by atoms with Gasteiger partial charge in [-0.3, -0.25) is 4.98 Å². The van der Waals surface area contributed by atoms with Crippen LogP contribution in [-0.4, -0.2) is 27.5 Å². The van der Waals surface area contributed by atoms with Gasteiger partial charge in [-0.25, -0.2) is 4.39 Å². The molecule has 1 N–H and O–H groups in total. The number of nitrogens with one attached hydrogen (secondary N) is 1. The van der Waals surface area contributed by atoms with E-state index in [0.717, 1.165) is 27.4 Å². The van der Waals surface area contributed by atoms with Crippen LogP contribution in [0.25, 0.3) is 22.2 Å². The van der Waals surface area contributed by atoms with Crippen molar-refractivity contribution in [1.29, 1.82) is 0 Å². The van der Waals surface area contributed by atoms with Crippen molar-refractivity contribution >= 4 is 35.6 Å². The smallest absolute Gasteiger partial charge is 0.167 e. The van der Waals surface area contributed by atoms with Gasteiger partial charge in [-0.2, -0.15) is 0 Å². The molecule has 0 spiro atoms. The minimum Gasteiger partial charge on any atom is -0.598 e. The largest absolute Gasteiger partial charge is 0.598 e. The summed E-state index contributed by atoms with van der Waals surface area (Å²) in [5.41, 5.74) is 4.29. The fourth-order valence-electron chi connectivity index (χ4n) is 4.21. The SMILES string of the molecule is Cc1cc([Si](C)(C)C)c(F)c(CC(N[S+]([O-])C(C)(C)C)c2ccccc2-c2noc3ccccc23)n1. The lowest BCUT2D eigenvalue weighted by Crippen LogP contribution is -2.43. The summed E-state index contributed by atoms with van der Waals surface area (Å²) < 4.78 is 37.5. The van der Waals surface area contributed by atoms with Gasteiger partial charge in [0.2, 0.25) is 0 Å². The molecule has 2 aromatic carbocycles. The van der Waals surface area contributed by atoms with E-state index in [0.29, 0.717) is 17.0 Å². The number of fused-ring (bicyclic) bond motifs is 1. The highest BCUT2D eigenvalue weighted by Gasteiger charge is 2.33. The maximum absolute atomic E-state index is 15.8. The number of para-hydroxylation sites is 1. The van der Waals surface area contributed by atoms with Crippen LogP contribution in [0.4, 0.5) is 4.39 Å². The summed E-state index contributed by atoms with van der Waals surface area (Å²) in [5, 5.41) is 6.01. The lowest BCUT2D eigenvalue weighted by Gasteiger charge is -2.29. The first-order valence-corrected chi connectivity index (χ1v) is 16.8. The van der Waals surface area contributed by atoms with E-state index in [1.807, 2.05) is 82.3 Å². The van der Waals surface area contributed by atoms with E-state index < -0.39 is 30.2 Å². The lowest BCUT2D eigenvalue weighted by atomic mass is 9.94. The molecular weight excluding hydrogens is 489 g/mol. The van der Waals surface area contributed by atoms with Gasteiger partial charge in [-0.1, -0.05) is 61.2 Å². The van der Waals surface area contributed by atoms with Gasteiger partial charge < -0.3 is 9.08 Å². The molecule has 2 heterocycles. The highest BCUT2D eigenvalue weighted by molar-refractivity contribution is 7.90. The Hall–Kier alpha value is -2.52. The molecule has 5 nitrogen and oxygen atoms in total. The van der Waals surface area contributed by atoms with E-state index in [-0.39, 0.29) is 12.2 Å². The molecule has 0 aliphatic heterocycles. The Kier molecular flexibility index (Phi) is 7.44. The number of benzene rings is 2. The maximum atomic E-state index is 15.8. The molecule has 2 atom stereocenters. The summed E-state index contributed by atoms with van der Waals surface area (Å²) in [6, 6.07) is 16.9. The van der Waals surface area contributed by atoms with Crippen LogP contribution in [0.2, 0.25) is 19.6 Å². The Balaban J connectivity index is 1.85. The summed E-state index contributed by atoms with van der Waals surface area (Å²) in [6.45, 7) is 14.0. The third-order valence-electron chi connectivity index (χ3n) is 6.13. The van der Waals surface area contributed by atoms with Crippen molar-refractivity contribution in [2.45, 2.75) is 64.5 Å². The van der Waals surface area contributed by atoms with Crippen LogP contribution in [0, 0.1) is 12.7 Å². The van der Waals surface area contributed by atoms with Crippen LogP contribution in [-0.2, 0) is 17.8 Å². The van der Waals surface area contributed by atoms with E-state index >= 15 is 4.39 Å². The minimum atomic E-state index is -1.94. The zero-order chi connectivity index (χ0) is 26.3. The molecule has 2 aromatic heterocycles. The molecule has 8 heteroatoms. The Morgan fingerprint density at radius 3 is 2.44 bits per heavy atom. The summed E-state index contributed by atoms with van der Waals surface area (Å²) in [6.07, 6.45) is 0.250. The zero-order valence-electron chi connectivity index (χ0n) is 22.0. The van der Waals surface area contributed by atoms with E-state index in [1.165, 1.54) is 0 Å². The number of rotatable bonds is 7. The Morgan fingerprint density at radius 1 is 1.08 bits per heavy atom. The molecule has 0 fully saturated rings. The van der Waals surface area contributed by atoms with Gasteiger partial charge in [0, 0.05) is 34.4 Å².